The minimum atomic E-state index is -0.446. The molecule has 0 aliphatic carbocycles. The van der Waals surface area contributed by atoms with Crippen molar-refractivity contribution in [1.29, 1.82) is 0 Å². The number of rotatable bonds is 11. The zero-order valence-electron chi connectivity index (χ0n) is 14.8. The SMILES string of the molecule is CCC(C)(C)OC(=O)NCCOCCOc1ccc(CCCl)cc1. The molecule has 0 atom stereocenters. The first-order chi connectivity index (χ1) is 11.5. The average Bonchev–Trinajstić information content (AvgIpc) is 2.55. The number of nitrogens with one attached hydrogen (secondary N) is 1. The highest BCUT2D eigenvalue weighted by Crippen LogP contribution is 2.13. The van der Waals surface area contributed by atoms with E-state index in [-0.39, 0.29) is 0 Å². The average molecular weight is 358 g/mol. The van der Waals surface area contributed by atoms with Gasteiger partial charge in [-0.2, -0.15) is 0 Å². The number of alkyl halides is 1. The van der Waals surface area contributed by atoms with E-state index < -0.39 is 11.7 Å². The van der Waals surface area contributed by atoms with Gasteiger partial charge in [-0.25, -0.2) is 4.79 Å². The maximum absolute atomic E-state index is 11.5. The molecule has 24 heavy (non-hydrogen) atoms. The summed E-state index contributed by atoms with van der Waals surface area (Å²) in [6.07, 6.45) is 1.20. The normalized spacial score (nSPS) is 11.2. The van der Waals surface area contributed by atoms with Crippen LogP contribution in [0.3, 0.4) is 0 Å². The van der Waals surface area contributed by atoms with Gasteiger partial charge < -0.3 is 19.5 Å². The van der Waals surface area contributed by atoms with Crippen LogP contribution in [0.2, 0.25) is 0 Å². The molecule has 0 aliphatic rings. The van der Waals surface area contributed by atoms with E-state index in [0.717, 1.165) is 18.6 Å². The third-order valence-electron chi connectivity index (χ3n) is 3.54. The molecule has 136 valence electrons. The molecule has 1 aromatic carbocycles. The molecule has 0 spiro atoms. The number of carbonyl (C=O) groups excluding carboxylic acids is 1. The highest BCUT2D eigenvalue weighted by molar-refractivity contribution is 6.17. The van der Waals surface area contributed by atoms with Crippen molar-refractivity contribution in [3.8, 4) is 5.75 Å². The van der Waals surface area contributed by atoms with Gasteiger partial charge in [-0.05, 0) is 44.4 Å². The van der Waals surface area contributed by atoms with Gasteiger partial charge in [0.2, 0.25) is 0 Å². The number of alkyl carbamates (subject to hydrolysis) is 1. The lowest BCUT2D eigenvalue weighted by atomic mass is 10.1. The molecule has 0 saturated carbocycles. The van der Waals surface area contributed by atoms with Gasteiger partial charge in [0.05, 0.1) is 13.2 Å². The van der Waals surface area contributed by atoms with Crippen molar-refractivity contribution in [2.45, 2.75) is 39.2 Å². The number of amides is 1. The summed E-state index contributed by atoms with van der Waals surface area (Å²) in [7, 11) is 0. The van der Waals surface area contributed by atoms with Gasteiger partial charge in [0.15, 0.2) is 0 Å². The first-order valence-corrected chi connectivity index (χ1v) is 8.82. The Balaban J connectivity index is 2.05. The Morgan fingerprint density at radius 3 is 2.50 bits per heavy atom. The second-order valence-corrected chi connectivity index (χ2v) is 6.35. The number of halogens is 1. The third kappa shape index (κ3) is 8.99. The molecular weight excluding hydrogens is 330 g/mol. The third-order valence-corrected chi connectivity index (χ3v) is 3.73. The predicted octanol–water partition coefficient (Wildman–Crippen LogP) is 3.78. The molecule has 1 rings (SSSR count). The van der Waals surface area contributed by atoms with Crippen LogP contribution in [0.1, 0.15) is 32.8 Å². The van der Waals surface area contributed by atoms with Gasteiger partial charge in [0.25, 0.3) is 0 Å². The van der Waals surface area contributed by atoms with Gasteiger partial charge >= 0.3 is 6.09 Å². The lowest BCUT2D eigenvalue weighted by Crippen LogP contribution is -2.35. The van der Waals surface area contributed by atoms with Gasteiger partial charge in [-0.15, -0.1) is 11.6 Å². The second-order valence-electron chi connectivity index (χ2n) is 5.97. The molecule has 1 N–H and O–H groups in total. The molecule has 0 radical (unpaired) electrons. The summed E-state index contributed by atoms with van der Waals surface area (Å²) in [5.74, 6) is 1.42. The van der Waals surface area contributed by atoms with Crippen LogP contribution in [0, 0.1) is 0 Å². The van der Waals surface area contributed by atoms with Crippen molar-refractivity contribution in [3.05, 3.63) is 29.8 Å². The minimum absolute atomic E-state index is 0.408. The van der Waals surface area contributed by atoms with Crippen LogP contribution in [0.25, 0.3) is 0 Å². The van der Waals surface area contributed by atoms with Gasteiger partial charge in [0, 0.05) is 12.4 Å². The van der Waals surface area contributed by atoms with E-state index in [1.807, 2.05) is 45.0 Å². The van der Waals surface area contributed by atoms with E-state index in [1.54, 1.807) is 0 Å². The fourth-order valence-electron chi connectivity index (χ4n) is 1.77. The van der Waals surface area contributed by atoms with Crippen molar-refractivity contribution >= 4 is 17.7 Å². The molecule has 0 unspecified atom stereocenters. The van der Waals surface area contributed by atoms with Gasteiger partial charge in [0.1, 0.15) is 18.0 Å². The van der Waals surface area contributed by atoms with E-state index >= 15 is 0 Å². The Hall–Kier alpha value is -1.46. The van der Waals surface area contributed by atoms with Gasteiger partial charge in [-0.1, -0.05) is 19.1 Å². The van der Waals surface area contributed by atoms with Crippen molar-refractivity contribution in [1.82, 2.24) is 5.32 Å². The second kappa shape index (κ2) is 11.2. The summed E-state index contributed by atoms with van der Waals surface area (Å²) in [4.78, 5) is 11.5. The molecular formula is C18H28ClNO4. The standard InChI is InChI=1S/C18H28ClNO4/c1-4-18(2,3)24-17(21)20-11-12-22-13-14-23-16-7-5-15(6-8-16)9-10-19/h5-8H,4,9-14H2,1-3H3,(H,20,21). The maximum Gasteiger partial charge on any atom is 0.407 e. The van der Waals surface area contributed by atoms with Crippen LogP contribution in [0.15, 0.2) is 24.3 Å². The summed E-state index contributed by atoms with van der Waals surface area (Å²) in [6, 6.07) is 7.86. The lowest BCUT2D eigenvalue weighted by Gasteiger charge is -2.23. The molecule has 6 heteroatoms. The Kier molecular flexibility index (Phi) is 9.57. The topological polar surface area (TPSA) is 56.8 Å². The number of aryl methyl sites for hydroxylation is 1. The van der Waals surface area contributed by atoms with E-state index in [4.69, 9.17) is 25.8 Å². The van der Waals surface area contributed by atoms with Crippen LogP contribution in [-0.2, 0) is 15.9 Å². The summed E-state index contributed by atoms with van der Waals surface area (Å²) in [5, 5.41) is 2.66. The van der Waals surface area contributed by atoms with Crippen molar-refractivity contribution in [2.24, 2.45) is 0 Å². The predicted molar refractivity (Wildman–Crippen MR) is 96.0 cm³/mol. The summed E-state index contributed by atoms with van der Waals surface area (Å²) < 4.78 is 16.2. The quantitative estimate of drug-likeness (QED) is 0.483. The van der Waals surface area contributed by atoms with E-state index in [2.05, 4.69) is 5.32 Å². The minimum Gasteiger partial charge on any atom is -0.491 e. The molecule has 0 heterocycles. The zero-order valence-corrected chi connectivity index (χ0v) is 15.5. The van der Waals surface area contributed by atoms with Crippen molar-refractivity contribution < 1.29 is 19.0 Å². The molecule has 1 amide bonds. The Labute approximate surface area is 149 Å². The number of ether oxygens (including phenoxy) is 3. The monoisotopic (exact) mass is 357 g/mol. The largest absolute Gasteiger partial charge is 0.491 e. The summed E-state index contributed by atoms with van der Waals surface area (Å²) in [5.41, 5.74) is 0.746. The summed E-state index contributed by atoms with van der Waals surface area (Å²) >= 11 is 5.70. The Bertz CT molecular complexity index is 476. The molecule has 0 fully saturated rings. The molecule has 0 saturated heterocycles. The first kappa shape index (κ1) is 20.6. The van der Waals surface area contributed by atoms with E-state index in [1.165, 1.54) is 5.56 Å². The molecule has 0 aromatic heterocycles. The molecule has 0 aliphatic heterocycles. The number of hydrogen-bond acceptors (Lipinski definition) is 4. The Morgan fingerprint density at radius 2 is 1.88 bits per heavy atom. The highest BCUT2D eigenvalue weighted by atomic mass is 35.5. The lowest BCUT2D eigenvalue weighted by molar-refractivity contribution is 0.0337. The Morgan fingerprint density at radius 1 is 1.17 bits per heavy atom. The molecule has 1 aromatic rings. The molecule has 0 bridgehead atoms. The van der Waals surface area contributed by atoms with Crippen molar-refractivity contribution in [3.63, 3.8) is 0 Å². The van der Waals surface area contributed by atoms with E-state index in [0.29, 0.717) is 32.2 Å². The van der Waals surface area contributed by atoms with Crippen LogP contribution in [0.5, 0.6) is 5.75 Å². The highest BCUT2D eigenvalue weighted by Gasteiger charge is 2.19. The van der Waals surface area contributed by atoms with E-state index in [9.17, 15) is 4.79 Å². The smallest absolute Gasteiger partial charge is 0.407 e. The van der Waals surface area contributed by atoms with Crippen LogP contribution in [0.4, 0.5) is 4.79 Å². The zero-order chi connectivity index (χ0) is 17.8. The number of benzene rings is 1. The summed E-state index contributed by atoms with van der Waals surface area (Å²) in [6.45, 7) is 7.47. The maximum atomic E-state index is 11.5. The van der Waals surface area contributed by atoms with Crippen LogP contribution < -0.4 is 10.1 Å². The fourth-order valence-corrected chi connectivity index (χ4v) is 1.98. The van der Waals surface area contributed by atoms with Crippen LogP contribution in [-0.4, -0.2) is 43.9 Å². The van der Waals surface area contributed by atoms with Crippen LogP contribution >= 0.6 is 11.6 Å². The molecule has 5 nitrogen and oxygen atoms in total. The van der Waals surface area contributed by atoms with Gasteiger partial charge in [-0.3, -0.25) is 0 Å². The first-order valence-electron chi connectivity index (χ1n) is 8.29. The number of hydrogen-bond donors (Lipinski definition) is 1. The fraction of sp³-hybridized carbons (Fsp3) is 0.611. The number of carbonyl (C=O) groups is 1. The van der Waals surface area contributed by atoms with Crippen molar-refractivity contribution in [2.75, 3.05) is 32.2 Å².